The molecule has 2 bridgehead atoms. The molecule has 0 N–H and O–H groups in total. The number of imide groups is 1. The number of pyridine rings is 1. The smallest absolute Gasteiger partial charge is 0.327 e. The number of aromatic nitrogens is 1. The highest BCUT2D eigenvalue weighted by atomic mass is 16.5. The highest BCUT2D eigenvalue weighted by Crippen LogP contribution is 2.38. The van der Waals surface area contributed by atoms with Crippen molar-refractivity contribution >= 4 is 17.8 Å². The number of piperidine rings is 1. The molecule has 1 aromatic carbocycles. The van der Waals surface area contributed by atoms with Gasteiger partial charge < -0.3 is 23.8 Å². The van der Waals surface area contributed by atoms with Crippen LogP contribution in [0.2, 0.25) is 0 Å². The summed E-state index contributed by atoms with van der Waals surface area (Å²) in [5, 5.41) is 0. The van der Waals surface area contributed by atoms with Crippen LogP contribution in [0.4, 0.5) is 4.79 Å². The lowest BCUT2D eigenvalue weighted by Crippen LogP contribution is -2.49. The van der Waals surface area contributed by atoms with Crippen molar-refractivity contribution in [2.24, 2.45) is 5.92 Å². The van der Waals surface area contributed by atoms with Crippen molar-refractivity contribution in [2.45, 2.75) is 50.7 Å². The molecule has 4 aliphatic heterocycles. The highest BCUT2D eigenvalue weighted by molar-refractivity contribution is 6.04. The Morgan fingerprint density at radius 3 is 2.53 bits per heavy atom. The Balaban J connectivity index is 1.07. The van der Waals surface area contributed by atoms with Gasteiger partial charge in [0, 0.05) is 63.2 Å². The van der Waals surface area contributed by atoms with Gasteiger partial charge in [0.15, 0.2) is 11.5 Å². The minimum atomic E-state index is -0.534. The number of carbonyl (C=O) groups excluding carboxylic acids is 3. The van der Waals surface area contributed by atoms with E-state index in [4.69, 9.17) is 9.47 Å². The summed E-state index contributed by atoms with van der Waals surface area (Å²) in [5.41, 5.74) is 2.94. The summed E-state index contributed by atoms with van der Waals surface area (Å²) >= 11 is 0. The van der Waals surface area contributed by atoms with Crippen molar-refractivity contribution in [2.75, 3.05) is 33.9 Å². The van der Waals surface area contributed by atoms with Gasteiger partial charge in [0.05, 0.1) is 14.2 Å². The lowest BCUT2D eigenvalue weighted by atomic mass is 9.83. The maximum Gasteiger partial charge on any atom is 0.327 e. The van der Waals surface area contributed by atoms with E-state index < -0.39 is 6.04 Å². The Kier molecular flexibility index (Phi) is 6.12. The number of nitrogens with zero attached hydrogens (tertiary/aromatic N) is 4. The lowest BCUT2D eigenvalue weighted by molar-refractivity contribution is -0.134. The molecule has 0 saturated carbocycles. The molecule has 4 aliphatic rings. The number of likely N-dealkylation sites (tertiary alicyclic amines) is 1. The maximum atomic E-state index is 13.2. The Bertz CT molecular complexity index is 1320. The topological polar surface area (TPSA) is 101 Å². The summed E-state index contributed by atoms with van der Waals surface area (Å²) < 4.78 is 12.7. The minimum Gasteiger partial charge on any atom is -0.493 e. The molecule has 0 aliphatic carbocycles. The monoisotopic (exact) mass is 520 g/mol. The van der Waals surface area contributed by atoms with E-state index in [0.717, 1.165) is 23.2 Å². The third-order valence-corrected chi connectivity index (χ3v) is 8.47. The van der Waals surface area contributed by atoms with Gasteiger partial charge in [0.1, 0.15) is 6.04 Å². The zero-order valence-corrected chi connectivity index (χ0v) is 21.7. The van der Waals surface area contributed by atoms with Gasteiger partial charge in [-0.25, -0.2) is 4.79 Å². The molecule has 2 fully saturated rings. The van der Waals surface area contributed by atoms with Crippen LogP contribution in [0.15, 0.2) is 35.1 Å². The molecule has 4 amide bonds. The fourth-order valence-electron chi connectivity index (χ4n) is 6.62. The second kappa shape index (κ2) is 9.49. The molecule has 6 rings (SSSR count). The van der Waals surface area contributed by atoms with Gasteiger partial charge in [0.2, 0.25) is 5.91 Å². The molecule has 5 heterocycles. The predicted molar refractivity (Wildman–Crippen MR) is 137 cm³/mol. The van der Waals surface area contributed by atoms with E-state index in [-0.39, 0.29) is 48.2 Å². The fraction of sp³-hybridized carbons (Fsp3) is 0.500. The van der Waals surface area contributed by atoms with Crippen molar-refractivity contribution in [3.05, 3.63) is 57.5 Å². The summed E-state index contributed by atoms with van der Waals surface area (Å²) in [5.74, 6) is 1.45. The SMILES string of the molecule is COc1cc2c(cc1OC)CN1C(=O)N(CCCC(=O)N3C[C@H]4C[C@@H](C3)c3cccc(=O)n3C4)C(=O)[C@@H]1C2. The van der Waals surface area contributed by atoms with Gasteiger partial charge >= 0.3 is 6.03 Å². The molecule has 2 aromatic rings. The minimum absolute atomic E-state index is 0.0228. The van der Waals surface area contributed by atoms with Crippen LogP contribution >= 0.6 is 0 Å². The number of amides is 4. The fourth-order valence-corrected chi connectivity index (χ4v) is 6.62. The first-order chi connectivity index (χ1) is 18.4. The molecular formula is C28H32N4O6. The summed E-state index contributed by atoms with van der Waals surface area (Å²) in [6, 6.07) is 8.28. The molecule has 0 unspecified atom stereocenters. The number of methoxy groups -OCH3 is 2. The Labute approximate surface area is 220 Å². The molecule has 2 saturated heterocycles. The Morgan fingerprint density at radius 1 is 1.00 bits per heavy atom. The van der Waals surface area contributed by atoms with E-state index in [0.29, 0.717) is 50.5 Å². The van der Waals surface area contributed by atoms with Crippen LogP contribution in [0.5, 0.6) is 11.5 Å². The van der Waals surface area contributed by atoms with Crippen molar-refractivity contribution in [3.8, 4) is 11.5 Å². The van der Waals surface area contributed by atoms with E-state index in [9.17, 15) is 19.2 Å². The number of hydrogen-bond donors (Lipinski definition) is 0. The molecule has 1 aromatic heterocycles. The van der Waals surface area contributed by atoms with Crippen molar-refractivity contribution in [3.63, 3.8) is 0 Å². The quantitative estimate of drug-likeness (QED) is 0.540. The number of rotatable bonds is 6. The van der Waals surface area contributed by atoms with Crippen LogP contribution in [-0.2, 0) is 29.1 Å². The molecule has 0 spiro atoms. The van der Waals surface area contributed by atoms with Gasteiger partial charge in [-0.15, -0.1) is 0 Å². The standard InChI is InChI=1S/C28H32N4O6/c1-37-23-11-18-10-22-27(35)30(28(36)32(22)16-19(18)12-24(23)38-2)8-4-7-25(33)29-13-17-9-20(15-29)21-5-3-6-26(34)31(21)14-17/h3,5-6,11-12,17,20,22H,4,7-10,13-16H2,1-2H3/t17-,20+,22+/m1/s1. The maximum absolute atomic E-state index is 13.2. The van der Waals surface area contributed by atoms with Crippen molar-refractivity contribution in [1.82, 2.24) is 19.3 Å². The second-order valence-corrected chi connectivity index (χ2v) is 10.7. The Morgan fingerprint density at radius 2 is 1.76 bits per heavy atom. The van der Waals surface area contributed by atoms with Crippen LogP contribution in [-0.4, -0.2) is 77.0 Å². The zero-order valence-electron chi connectivity index (χ0n) is 21.7. The predicted octanol–water partition coefficient (Wildman–Crippen LogP) is 1.98. The first kappa shape index (κ1) is 24.5. The third-order valence-electron chi connectivity index (χ3n) is 8.47. The van der Waals surface area contributed by atoms with E-state index in [2.05, 4.69) is 0 Å². The lowest BCUT2D eigenvalue weighted by Gasteiger charge is -2.42. The average molecular weight is 521 g/mol. The van der Waals surface area contributed by atoms with Crippen LogP contribution in [0.1, 0.15) is 42.0 Å². The largest absolute Gasteiger partial charge is 0.493 e. The molecule has 3 atom stereocenters. The van der Waals surface area contributed by atoms with Crippen LogP contribution in [0.3, 0.4) is 0 Å². The van der Waals surface area contributed by atoms with E-state index >= 15 is 0 Å². The first-order valence-electron chi connectivity index (χ1n) is 13.2. The van der Waals surface area contributed by atoms with Crippen LogP contribution in [0, 0.1) is 5.92 Å². The molecule has 10 heteroatoms. The average Bonchev–Trinajstić information content (AvgIpc) is 3.15. The van der Waals surface area contributed by atoms with Crippen LogP contribution < -0.4 is 15.0 Å². The molecular weight excluding hydrogens is 488 g/mol. The summed E-state index contributed by atoms with van der Waals surface area (Å²) in [6.07, 6.45) is 2.11. The summed E-state index contributed by atoms with van der Waals surface area (Å²) in [7, 11) is 3.14. The Hall–Kier alpha value is -3.82. The van der Waals surface area contributed by atoms with Gasteiger partial charge in [-0.3, -0.25) is 19.3 Å². The number of urea groups is 1. The summed E-state index contributed by atoms with van der Waals surface area (Å²) in [6.45, 7) is 2.43. The van der Waals surface area contributed by atoms with E-state index in [1.54, 1.807) is 31.3 Å². The van der Waals surface area contributed by atoms with Crippen molar-refractivity contribution < 1.29 is 23.9 Å². The number of benzene rings is 1. The number of carbonyl (C=O) groups is 3. The van der Waals surface area contributed by atoms with Gasteiger partial charge in [-0.1, -0.05) is 6.07 Å². The highest BCUT2D eigenvalue weighted by Gasteiger charge is 2.47. The van der Waals surface area contributed by atoms with Gasteiger partial charge in [-0.2, -0.15) is 0 Å². The van der Waals surface area contributed by atoms with Gasteiger partial charge in [0.25, 0.3) is 11.5 Å². The molecule has 0 radical (unpaired) electrons. The first-order valence-corrected chi connectivity index (χ1v) is 13.2. The number of ether oxygens (including phenoxy) is 2. The second-order valence-electron chi connectivity index (χ2n) is 10.7. The number of hydrogen-bond acceptors (Lipinski definition) is 6. The van der Waals surface area contributed by atoms with E-state index in [1.165, 1.54) is 4.90 Å². The van der Waals surface area contributed by atoms with Crippen LogP contribution in [0.25, 0.3) is 0 Å². The summed E-state index contributed by atoms with van der Waals surface area (Å²) in [4.78, 5) is 56.5. The normalized spacial score (nSPS) is 23.6. The van der Waals surface area contributed by atoms with E-state index in [1.807, 2.05) is 27.7 Å². The molecule has 200 valence electrons. The zero-order chi connectivity index (χ0) is 26.6. The third kappa shape index (κ3) is 4.02. The van der Waals surface area contributed by atoms with Crippen molar-refractivity contribution in [1.29, 1.82) is 0 Å². The number of fused-ring (bicyclic) bond motifs is 6. The van der Waals surface area contributed by atoms with Gasteiger partial charge in [-0.05, 0) is 48.1 Å². The molecule has 38 heavy (non-hydrogen) atoms. The molecule has 10 nitrogen and oxygen atoms in total.